The van der Waals surface area contributed by atoms with Gasteiger partial charge in [0.1, 0.15) is 16.6 Å². The molecule has 4 aromatic rings. The fourth-order valence-electron chi connectivity index (χ4n) is 3.99. The van der Waals surface area contributed by atoms with Crippen molar-refractivity contribution in [3.63, 3.8) is 0 Å². The Hall–Kier alpha value is -4.10. The molecule has 10 heteroatoms. The van der Waals surface area contributed by atoms with Crippen LogP contribution in [0.1, 0.15) is 39.2 Å². The van der Waals surface area contributed by atoms with Gasteiger partial charge in [0, 0.05) is 28.8 Å². The topological polar surface area (TPSA) is 126 Å². The van der Waals surface area contributed by atoms with Gasteiger partial charge in [-0.2, -0.15) is 10.4 Å². The number of nitro groups is 1. The normalized spacial score (nSPS) is 12.8. The second-order valence-electron chi connectivity index (χ2n) is 7.41. The van der Waals surface area contributed by atoms with Crippen molar-refractivity contribution in [2.24, 2.45) is 0 Å². The first-order valence-corrected chi connectivity index (χ1v) is 10.8. The van der Waals surface area contributed by atoms with E-state index in [0.717, 1.165) is 36.1 Å². The number of hydrogen-bond donors (Lipinski definition) is 1. The van der Waals surface area contributed by atoms with Crippen molar-refractivity contribution >= 4 is 33.6 Å². The zero-order valence-electron chi connectivity index (χ0n) is 16.7. The predicted octanol–water partition coefficient (Wildman–Crippen LogP) is 4.37. The molecule has 0 saturated carbocycles. The molecule has 1 aliphatic rings. The Balaban J connectivity index is 1.52. The highest BCUT2D eigenvalue weighted by atomic mass is 32.1. The van der Waals surface area contributed by atoms with Crippen LogP contribution >= 0.6 is 11.3 Å². The predicted molar refractivity (Wildman–Crippen MR) is 119 cm³/mol. The number of benzene rings is 1. The molecule has 3 aromatic heterocycles. The SMILES string of the molecule is N#Cc1c(NC(=O)c2cnn3c(-c4cccc([N+](=O)[O-])c4)ccnc23)sc2c1CCCC2. The van der Waals surface area contributed by atoms with Crippen LogP contribution in [0.5, 0.6) is 0 Å². The molecule has 0 radical (unpaired) electrons. The molecule has 0 spiro atoms. The van der Waals surface area contributed by atoms with Gasteiger partial charge in [-0.1, -0.05) is 12.1 Å². The summed E-state index contributed by atoms with van der Waals surface area (Å²) in [4.78, 5) is 29.2. The minimum Gasteiger partial charge on any atom is -0.312 e. The third-order valence-electron chi connectivity index (χ3n) is 5.51. The number of nitrogens with one attached hydrogen (secondary N) is 1. The minimum atomic E-state index is -0.461. The van der Waals surface area contributed by atoms with Crippen LogP contribution in [-0.2, 0) is 12.8 Å². The van der Waals surface area contributed by atoms with Crippen LogP contribution in [0.4, 0.5) is 10.7 Å². The summed E-state index contributed by atoms with van der Waals surface area (Å²) in [6.45, 7) is 0. The molecule has 1 aliphatic carbocycles. The first-order chi connectivity index (χ1) is 15.6. The smallest absolute Gasteiger partial charge is 0.270 e. The Morgan fingerprint density at radius 3 is 2.94 bits per heavy atom. The van der Waals surface area contributed by atoms with Crippen LogP contribution in [0.2, 0.25) is 0 Å². The van der Waals surface area contributed by atoms with Gasteiger partial charge in [0.25, 0.3) is 11.6 Å². The maximum absolute atomic E-state index is 13.1. The summed E-state index contributed by atoms with van der Waals surface area (Å²) in [5, 5.41) is 28.5. The van der Waals surface area contributed by atoms with Gasteiger partial charge in [-0.05, 0) is 37.3 Å². The van der Waals surface area contributed by atoms with E-state index in [0.29, 0.717) is 27.5 Å². The maximum atomic E-state index is 13.1. The zero-order chi connectivity index (χ0) is 22.2. The van der Waals surface area contributed by atoms with E-state index < -0.39 is 10.8 Å². The number of hydrogen-bond acceptors (Lipinski definition) is 7. The van der Waals surface area contributed by atoms with Crippen molar-refractivity contribution in [2.45, 2.75) is 25.7 Å². The molecule has 0 saturated heterocycles. The van der Waals surface area contributed by atoms with E-state index in [2.05, 4.69) is 21.5 Å². The number of amides is 1. The Morgan fingerprint density at radius 1 is 1.28 bits per heavy atom. The van der Waals surface area contributed by atoms with Crippen molar-refractivity contribution in [1.29, 1.82) is 5.26 Å². The highest BCUT2D eigenvalue weighted by Gasteiger charge is 2.24. The number of carbonyl (C=O) groups excluding carboxylic acids is 1. The lowest BCUT2D eigenvalue weighted by atomic mass is 9.96. The molecular weight excluding hydrogens is 428 g/mol. The monoisotopic (exact) mass is 444 g/mol. The Kier molecular flexibility index (Phi) is 4.88. The average Bonchev–Trinajstić information content (AvgIpc) is 3.40. The Morgan fingerprint density at radius 2 is 2.12 bits per heavy atom. The molecule has 1 aromatic carbocycles. The average molecular weight is 444 g/mol. The van der Waals surface area contributed by atoms with Gasteiger partial charge in [0.2, 0.25) is 0 Å². The zero-order valence-corrected chi connectivity index (χ0v) is 17.6. The second-order valence-corrected chi connectivity index (χ2v) is 8.52. The number of aromatic nitrogens is 3. The van der Waals surface area contributed by atoms with Gasteiger partial charge in [0.05, 0.1) is 22.4 Å². The van der Waals surface area contributed by atoms with Crippen LogP contribution in [-0.4, -0.2) is 25.4 Å². The summed E-state index contributed by atoms with van der Waals surface area (Å²) >= 11 is 1.46. The van der Waals surface area contributed by atoms with Crippen molar-refractivity contribution in [2.75, 3.05) is 5.32 Å². The van der Waals surface area contributed by atoms with Gasteiger partial charge in [0.15, 0.2) is 5.65 Å². The second kappa shape index (κ2) is 7.86. The van der Waals surface area contributed by atoms with E-state index >= 15 is 0 Å². The van der Waals surface area contributed by atoms with E-state index in [1.807, 2.05) is 0 Å². The molecule has 9 nitrogen and oxygen atoms in total. The van der Waals surface area contributed by atoms with Gasteiger partial charge in [-0.3, -0.25) is 14.9 Å². The van der Waals surface area contributed by atoms with Gasteiger partial charge >= 0.3 is 0 Å². The number of thiophene rings is 1. The Labute approximate surface area is 186 Å². The summed E-state index contributed by atoms with van der Waals surface area (Å²) in [7, 11) is 0. The molecule has 3 heterocycles. The number of carbonyl (C=O) groups is 1. The van der Waals surface area contributed by atoms with Crippen LogP contribution in [0.25, 0.3) is 16.9 Å². The molecule has 0 fully saturated rings. The van der Waals surface area contributed by atoms with E-state index in [9.17, 15) is 20.2 Å². The fraction of sp³-hybridized carbons (Fsp3) is 0.182. The molecular formula is C22H16N6O3S. The largest absolute Gasteiger partial charge is 0.312 e. The molecule has 0 atom stereocenters. The molecule has 32 heavy (non-hydrogen) atoms. The molecule has 158 valence electrons. The lowest BCUT2D eigenvalue weighted by Gasteiger charge is -2.09. The molecule has 0 aliphatic heterocycles. The molecule has 0 unspecified atom stereocenters. The summed E-state index contributed by atoms with van der Waals surface area (Å²) < 4.78 is 1.48. The van der Waals surface area contributed by atoms with Crippen LogP contribution in [0, 0.1) is 21.4 Å². The van der Waals surface area contributed by atoms with Crippen LogP contribution in [0.15, 0.2) is 42.7 Å². The number of anilines is 1. The minimum absolute atomic E-state index is 0.0386. The summed E-state index contributed by atoms with van der Waals surface area (Å²) in [6, 6.07) is 10.1. The fourth-order valence-corrected chi connectivity index (χ4v) is 5.23. The molecule has 5 rings (SSSR count). The van der Waals surface area contributed by atoms with Crippen molar-refractivity contribution in [1.82, 2.24) is 14.6 Å². The highest BCUT2D eigenvalue weighted by Crippen LogP contribution is 2.38. The lowest BCUT2D eigenvalue weighted by Crippen LogP contribution is -2.12. The first-order valence-electron chi connectivity index (χ1n) is 10.0. The van der Waals surface area contributed by atoms with E-state index in [4.69, 9.17) is 0 Å². The maximum Gasteiger partial charge on any atom is 0.270 e. The molecule has 1 N–H and O–H groups in total. The third kappa shape index (κ3) is 3.29. The first kappa shape index (κ1) is 19.8. The number of nitro benzene ring substituents is 1. The van der Waals surface area contributed by atoms with E-state index in [1.54, 1.807) is 18.2 Å². The Bertz CT molecular complexity index is 1430. The number of nitrogens with zero attached hydrogens (tertiary/aromatic N) is 5. The van der Waals surface area contributed by atoms with Crippen molar-refractivity contribution in [3.8, 4) is 17.3 Å². The number of nitriles is 1. The number of aryl methyl sites for hydroxylation is 1. The van der Waals surface area contributed by atoms with Gasteiger partial charge in [-0.15, -0.1) is 11.3 Å². The number of fused-ring (bicyclic) bond motifs is 2. The van der Waals surface area contributed by atoms with Crippen LogP contribution in [0.3, 0.4) is 0 Å². The highest BCUT2D eigenvalue weighted by molar-refractivity contribution is 7.16. The van der Waals surface area contributed by atoms with Gasteiger partial charge < -0.3 is 5.32 Å². The molecule has 0 bridgehead atoms. The van der Waals surface area contributed by atoms with E-state index in [1.165, 1.54) is 40.4 Å². The third-order valence-corrected chi connectivity index (χ3v) is 6.72. The standard InChI is InChI=1S/C22H16N6O3S/c23-11-16-15-6-1-2-7-19(15)32-22(16)26-21(29)17-12-25-27-18(8-9-24-20(17)27)13-4-3-5-14(10-13)28(30)31/h3-5,8-10,12H,1-2,6-7H2,(H,26,29). The van der Waals surface area contributed by atoms with Crippen molar-refractivity contribution < 1.29 is 9.72 Å². The quantitative estimate of drug-likeness (QED) is 0.368. The van der Waals surface area contributed by atoms with E-state index in [-0.39, 0.29) is 11.3 Å². The summed E-state index contributed by atoms with van der Waals surface area (Å²) in [5.74, 6) is -0.404. The number of non-ortho nitro benzene ring substituents is 1. The summed E-state index contributed by atoms with van der Waals surface area (Å²) in [5.41, 5.74) is 3.29. The summed E-state index contributed by atoms with van der Waals surface area (Å²) in [6.07, 6.45) is 6.86. The lowest BCUT2D eigenvalue weighted by molar-refractivity contribution is -0.384. The van der Waals surface area contributed by atoms with Gasteiger partial charge in [-0.25, -0.2) is 9.50 Å². The molecule has 1 amide bonds. The number of rotatable bonds is 4. The van der Waals surface area contributed by atoms with Crippen molar-refractivity contribution in [3.05, 3.63) is 74.4 Å². The van der Waals surface area contributed by atoms with Crippen LogP contribution < -0.4 is 5.32 Å².